The number of methoxy groups -OCH3 is 2. The number of amides is 2. The number of carbonyl (C=O) groups excluding carboxylic acids is 2. The van der Waals surface area contributed by atoms with Crippen LogP contribution in [0.4, 0.5) is 9.59 Å². The standard InChI is InChI=1S/C13H22N2O4/c1-18-12(16)14-6-10-4-9-3-8(10)5-11(9)7-15-13(17)19-2/h8-11H,3-7H2,1-2H3,(H,14,16)(H,15,17). The molecule has 0 saturated heterocycles. The summed E-state index contributed by atoms with van der Waals surface area (Å²) in [5, 5.41) is 5.56. The molecule has 4 atom stereocenters. The van der Waals surface area contributed by atoms with Gasteiger partial charge in [0.25, 0.3) is 0 Å². The highest BCUT2D eigenvalue weighted by molar-refractivity contribution is 5.67. The Bertz CT molecular complexity index is 316. The average molecular weight is 270 g/mol. The van der Waals surface area contributed by atoms with Crippen molar-refractivity contribution in [2.75, 3.05) is 27.3 Å². The molecule has 2 aliphatic carbocycles. The monoisotopic (exact) mass is 270 g/mol. The van der Waals surface area contributed by atoms with Gasteiger partial charge in [-0.05, 0) is 42.9 Å². The second-order valence-corrected chi connectivity index (χ2v) is 5.49. The summed E-state index contributed by atoms with van der Waals surface area (Å²) in [6.07, 6.45) is 2.75. The van der Waals surface area contributed by atoms with Gasteiger partial charge in [0.15, 0.2) is 0 Å². The molecule has 0 aromatic carbocycles. The van der Waals surface area contributed by atoms with Crippen LogP contribution in [-0.4, -0.2) is 39.5 Å². The molecule has 2 saturated carbocycles. The minimum atomic E-state index is -0.355. The molecule has 0 aromatic heterocycles. The van der Waals surface area contributed by atoms with E-state index in [2.05, 4.69) is 20.1 Å². The van der Waals surface area contributed by atoms with Crippen LogP contribution in [0.3, 0.4) is 0 Å². The molecule has 0 aromatic rings. The molecule has 0 spiro atoms. The van der Waals surface area contributed by atoms with E-state index in [4.69, 9.17) is 0 Å². The Kier molecular flexibility index (Phi) is 4.50. The van der Waals surface area contributed by atoms with Crippen LogP contribution < -0.4 is 10.6 Å². The maximum atomic E-state index is 11.1. The molecule has 0 heterocycles. The first-order chi connectivity index (χ1) is 9.13. The second kappa shape index (κ2) is 6.12. The number of alkyl carbamates (subject to hydrolysis) is 2. The predicted molar refractivity (Wildman–Crippen MR) is 68.6 cm³/mol. The third-order valence-electron chi connectivity index (χ3n) is 4.54. The van der Waals surface area contributed by atoms with Crippen LogP contribution in [0.25, 0.3) is 0 Å². The van der Waals surface area contributed by atoms with Crippen molar-refractivity contribution in [3.63, 3.8) is 0 Å². The molecular formula is C13H22N2O4. The quantitative estimate of drug-likeness (QED) is 0.808. The van der Waals surface area contributed by atoms with Gasteiger partial charge in [-0.1, -0.05) is 0 Å². The van der Waals surface area contributed by atoms with E-state index < -0.39 is 0 Å². The van der Waals surface area contributed by atoms with Gasteiger partial charge in [0.05, 0.1) is 14.2 Å². The van der Waals surface area contributed by atoms with Crippen molar-refractivity contribution in [2.45, 2.75) is 19.3 Å². The van der Waals surface area contributed by atoms with Gasteiger partial charge in [0.1, 0.15) is 0 Å². The fraction of sp³-hybridized carbons (Fsp3) is 0.846. The predicted octanol–water partition coefficient (Wildman–Crippen LogP) is 1.36. The number of hydrogen-bond acceptors (Lipinski definition) is 4. The third kappa shape index (κ3) is 3.30. The molecule has 4 unspecified atom stereocenters. The van der Waals surface area contributed by atoms with Crippen molar-refractivity contribution in [1.82, 2.24) is 10.6 Å². The van der Waals surface area contributed by atoms with E-state index >= 15 is 0 Å². The number of ether oxygens (including phenoxy) is 2. The number of hydrogen-bond donors (Lipinski definition) is 2. The molecule has 2 rings (SSSR count). The van der Waals surface area contributed by atoms with Crippen LogP contribution >= 0.6 is 0 Å². The highest BCUT2D eigenvalue weighted by Gasteiger charge is 2.45. The van der Waals surface area contributed by atoms with E-state index in [1.807, 2.05) is 0 Å². The van der Waals surface area contributed by atoms with Crippen LogP contribution in [0, 0.1) is 23.7 Å². The van der Waals surface area contributed by atoms with E-state index in [9.17, 15) is 9.59 Å². The van der Waals surface area contributed by atoms with E-state index in [0.717, 1.165) is 12.8 Å². The van der Waals surface area contributed by atoms with Gasteiger partial charge < -0.3 is 20.1 Å². The van der Waals surface area contributed by atoms with Crippen LogP contribution in [0.15, 0.2) is 0 Å². The Hall–Kier alpha value is -1.46. The molecular weight excluding hydrogens is 248 g/mol. The van der Waals surface area contributed by atoms with E-state index in [0.29, 0.717) is 36.8 Å². The molecule has 0 radical (unpaired) electrons. The lowest BCUT2D eigenvalue weighted by atomic mass is 9.82. The zero-order valence-corrected chi connectivity index (χ0v) is 11.5. The largest absolute Gasteiger partial charge is 0.453 e. The Balaban J connectivity index is 1.71. The van der Waals surface area contributed by atoms with Crippen LogP contribution in [0.5, 0.6) is 0 Å². The lowest BCUT2D eigenvalue weighted by molar-refractivity contribution is 0.159. The van der Waals surface area contributed by atoms with Crippen molar-refractivity contribution in [3.05, 3.63) is 0 Å². The number of rotatable bonds is 4. The van der Waals surface area contributed by atoms with Gasteiger partial charge in [-0.3, -0.25) is 0 Å². The number of carbonyl (C=O) groups is 2. The highest BCUT2D eigenvalue weighted by atomic mass is 16.5. The zero-order valence-electron chi connectivity index (χ0n) is 11.5. The summed E-state index contributed by atoms with van der Waals surface area (Å²) < 4.78 is 9.15. The van der Waals surface area contributed by atoms with E-state index in [-0.39, 0.29) is 12.2 Å². The van der Waals surface area contributed by atoms with Gasteiger partial charge in [-0.2, -0.15) is 0 Å². The molecule has 6 nitrogen and oxygen atoms in total. The van der Waals surface area contributed by atoms with Crippen LogP contribution in [0.2, 0.25) is 0 Å². The summed E-state index contributed by atoms with van der Waals surface area (Å²) in [6.45, 7) is 1.40. The Labute approximate surface area is 113 Å². The minimum absolute atomic E-state index is 0.355. The summed E-state index contributed by atoms with van der Waals surface area (Å²) in [4.78, 5) is 22.1. The smallest absolute Gasteiger partial charge is 0.406 e. The second-order valence-electron chi connectivity index (χ2n) is 5.49. The van der Waals surface area contributed by atoms with Gasteiger partial charge in [0.2, 0.25) is 0 Å². The SMILES string of the molecule is COC(=O)NCC1CC2CC1CC2CNC(=O)OC. The van der Waals surface area contributed by atoms with Gasteiger partial charge in [0, 0.05) is 13.1 Å². The van der Waals surface area contributed by atoms with Crippen molar-refractivity contribution in [2.24, 2.45) is 23.7 Å². The summed E-state index contributed by atoms with van der Waals surface area (Å²) in [5.74, 6) is 2.43. The molecule has 19 heavy (non-hydrogen) atoms. The van der Waals surface area contributed by atoms with Gasteiger partial charge >= 0.3 is 12.2 Å². The summed E-state index contributed by atoms with van der Waals surface area (Å²) in [7, 11) is 2.76. The van der Waals surface area contributed by atoms with Gasteiger partial charge in [-0.25, -0.2) is 9.59 Å². The first-order valence-corrected chi connectivity index (χ1v) is 6.77. The molecule has 6 heteroatoms. The maximum Gasteiger partial charge on any atom is 0.406 e. The van der Waals surface area contributed by atoms with Crippen molar-refractivity contribution < 1.29 is 19.1 Å². The van der Waals surface area contributed by atoms with Crippen molar-refractivity contribution >= 4 is 12.2 Å². The van der Waals surface area contributed by atoms with Crippen LogP contribution in [-0.2, 0) is 9.47 Å². The average Bonchev–Trinajstić information content (AvgIpc) is 3.01. The summed E-state index contributed by atoms with van der Waals surface area (Å²) in [5.41, 5.74) is 0. The Morgan fingerprint density at radius 1 is 0.895 bits per heavy atom. The third-order valence-corrected chi connectivity index (χ3v) is 4.54. The van der Waals surface area contributed by atoms with Crippen LogP contribution in [0.1, 0.15) is 19.3 Å². The molecule has 2 N–H and O–H groups in total. The molecule has 2 amide bonds. The molecule has 108 valence electrons. The normalized spacial score (nSPS) is 31.9. The van der Waals surface area contributed by atoms with Gasteiger partial charge in [-0.15, -0.1) is 0 Å². The fourth-order valence-corrected chi connectivity index (χ4v) is 3.59. The molecule has 2 aliphatic rings. The van der Waals surface area contributed by atoms with Crippen molar-refractivity contribution in [1.29, 1.82) is 0 Å². The molecule has 2 fully saturated rings. The number of nitrogens with one attached hydrogen (secondary N) is 2. The molecule has 0 aliphatic heterocycles. The van der Waals surface area contributed by atoms with Crippen molar-refractivity contribution in [3.8, 4) is 0 Å². The Morgan fingerprint density at radius 2 is 1.32 bits per heavy atom. The van der Waals surface area contributed by atoms with E-state index in [1.165, 1.54) is 20.6 Å². The highest BCUT2D eigenvalue weighted by Crippen LogP contribution is 2.51. The first-order valence-electron chi connectivity index (χ1n) is 6.77. The number of fused-ring (bicyclic) bond motifs is 2. The summed E-state index contributed by atoms with van der Waals surface area (Å²) in [6, 6.07) is 0. The molecule has 2 bridgehead atoms. The lowest BCUT2D eigenvalue weighted by Gasteiger charge is -2.27. The Morgan fingerprint density at radius 3 is 1.63 bits per heavy atom. The van der Waals surface area contributed by atoms with E-state index in [1.54, 1.807) is 0 Å². The maximum absolute atomic E-state index is 11.1. The first kappa shape index (κ1) is 14.0. The fourth-order valence-electron chi connectivity index (χ4n) is 3.59. The topological polar surface area (TPSA) is 76.7 Å². The zero-order chi connectivity index (χ0) is 13.8. The minimum Gasteiger partial charge on any atom is -0.453 e. The lowest BCUT2D eigenvalue weighted by Crippen LogP contribution is -2.35. The summed E-state index contributed by atoms with van der Waals surface area (Å²) >= 11 is 0.